The van der Waals surface area contributed by atoms with Gasteiger partial charge in [0.05, 0.1) is 11.9 Å². The maximum Gasteiger partial charge on any atom is 0.409 e. The van der Waals surface area contributed by atoms with E-state index in [0.717, 1.165) is 0 Å². The van der Waals surface area contributed by atoms with Gasteiger partial charge in [-0.1, -0.05) is 0 Å². The molecule has 1 amide bonds. The number of nitrogens with zero attached hydrogens (tertiary/aromatic N) is 1. The van der Waals surface area contributed by atoms with E-state index in [0.29, 0.717) is 12.0 Å². The van der Waals surface area contributed by atoms with Gasteiger partial charge in [-0.15, -0.1) is 0 Å². The quantitative estimate of drug-likeness (QED) is 0.642. The first-order valence-corrected chi connectivity index (χ1v) is 3.13. The Bertz CT molecular complexity index is 294. The van der Waals surface area contributed by atoms with Gasteiger partial charge in [0.25, 0.3) is 0 Å². The molecule has 1 aromatic heterocycles. The van der Waals surface area contributed by atoms with Crippen LogP contribution in [0, 0.1) is 0 Å². The first-order valence-electron chi connectivity index (χ1n) is 3.13. The van der Waals surface area contributed by atoms with E-state index in [4.69, 9.17) is 5.11 Å². The Balaban J connectivity index is 2.77. The molecule has 0 aliphatic heterocycles. The first-order chi connectivity index (χ1) is 5.72. The average Bonchev–Trinajstić information content (AvgIpc) is 2.05. The van der Waals surface area contributed by atoms with E-state index in [-0.39, 0.29) is 5.69 Å². The minimum absolute atomic E-state index is 0.269. The van der Waals surface area contributed by atoms with E-state index in [9.17, 15) is 9.59 Å². The number of hydrogen-bond donors (Lipinski definition) is 2. The summed E-state index contributed by atoms with van der Waals surface area (Å²) in [5.41, 5.74) is 0.610. The number of amides is 1. The van der Waals surface area contributed by atoms with Crippen LogP contribution >= 0.6 is 0 Å². The molecule has 0 unspecified atom stereocenters. The lowest BCUT2D eigenvalue weighted by Crippen LogP contribution is -2.07. The van der Waals surface area contributed by atoms with Crippen LogP contribution in [0.3, 0.4) is 0 Å². The highest BCUT2D eigenvalue weighted by atomic mass is 16.4. The number of pyridine rings is 1. The number of anilines is 1. The van der Waals surface area contributed by atoms with Gasteiger partial charge < -0.3 is 5.11 Å². The second-order valence-electron chi connectivity index (χ2n) is 2.02. The first kappa shape index (κ1) is 8.19. The molecule has 0 spiro atoms. The lowest BCUT2D eigenvalue weighted by Gasteiger charge is -1.98. The third-order valence-electron chi connectivity index (χ3n) is 1.16. The Kier molecular flexibility index (Phi) is 2.37. The molecule has 0 atom stereocenters. The van der Waals surface area contributed by atoms with E-state index in [2.05, 4.69) is 10.3 Å². The summed E-state index contributed by atoms with van der Waals surface area (Å²) in [6.45, 7) is 0. The van der Waals surface area contributed by atoms with Crippen molar-refractivity contribution in [2.75, 3.05) is 5.32 Å². The number of hydrogen-bond acceptors (Lipinski definition) is 3. The van der Waals surface area contributed by atoms with Gasteiger partial charge in [-0.25, -0.2) is 4.79 Å². The standard InChI is InChI=1S/C7H6N2O3/c10-4-6-2-1-5(3-8-6)9-7(11)12/h1-4,9H,(H,11,12). The fourth-order valence-electron chi connectivity index (χ4n) is 0.672. The van der Waals surface area contributed by atoms with Crippen LogP contribution in [-0.2, 0) is 0 Å². The molecule has 0 bridgehead atoms. The van der Waals surface area contributed by atoms with Crippen LogP contribution in [0.4, 0.5) is 10.5 Å². The van der Waals surface area contributed by atoms with E-state index in [1.807, 2.05) is 0 Å². The largest absolute Gasteiger partial charge is 0.465 e. The number of carbonyl (C=O) groups excluding carboxylic acids is 1. The fraction of sp³-hybridized carbons (Fsp3) is 0. The van der Waals surface area contributed by atoms with Gasteiger partial charge >= 0.3 is 6.09 Å². The van der Waals surface area contributed by atoms with Crippen LogP contribution in [0.5, 0.6) is 0 Å². The van der Waals surface area contributed by atoms with Crippen molar-refractivity contribution in [2.24, 2.45) is 0 Å². The van der Waals surface area contributed by atoms with Crippen molar-refractivity contribution in [3.63, 3.8) is 0 Å². The van der Waals surface area contributed by atoms with Gasteiger partial charge in [-0.05, 0) is 12.1 Å². The molecule has 0 fully saturated rings. The van der Waals surface area contributed by atoms with E-state index < -0.39 is 6.09 Å². The number of aromatic nitrogens is 1. The molecule has 2 N–H and O–H groups in total. The Morgan fingerprint density at radius 1 is 1.58 bits per heavy atom. The summed E-state index contributed by atoms with van der Waals surface area (Å²) >= 11 is 0. The predicted octanol–water partition coefficient (Wildman–Crippen LogP) is 0.984. The highest BCUT2D eigenvalue weighted by Gasteiger charge is 1.97. The molecule has 5 heteroatoms. The summed E-state index contributed by atoms with van der Waals surface area (Å²) in [4.78, 5) is 23.9. The van der Waals surface area contributed by atoms with Gasteiger partial charge in [0.1, 0.15) is 5.69 Å². The van der Waals surface area contributed by atoms with E-state index in [1.54, 1.807) is 0 Å². The van der Waals surface area contributed by atoms with Crippen molar-refractivity contribution in [1.29, 1.82) is 0 Å². The summed E-state index contributed by atoms with van der Waals surface area (Å²) < 4.78 is 0. The van der Waals surface area contributed by atoms with Crippen molar-refractivity contribution in [1.82, 2.24) is 4.98 Å². The van der Waals surface area contributed by atoms with E-state index in [1.165, 1.54) is 18.3 Å². The SMILES string of the molecule is O=Cc1ccc(NC(=O)O)cn1. The molecule has 0 saturated carbocycles. The summed E-state index contributed by atoms with van der Waals surface area (Å²) in [7, 11) is 0. The average molecular weight is 166 g/mol. The molecule has 0 saturated heterocycles. The Hall–Kier alpha value is -1.91. The zero-order valence-electron chi connectivity index (χ0n) is 6.02. The van der Waals surface area contributed by atoms with Crippen LogP contribution in [0.25, 0.3) is 0 Å². The number of carboxylic acid groups (broad SMARTS) is 1. The van der Waals surface area contributed by atoms with E-state index >= 15 is 0 Å². The van der Waals surface area contributed by atoms with Crippen LogP contribution in [0.1, 0.15) is 10.5 Å². The molecule has 0 aliphatic carbocycles. The van der Waals surface area contributed by atoms with Crippen LogP contribution < -0.4 is 5.32 Å². The number of nitrogens with one attached hydrogen (secondary N) is 1. The maximum atomic E-state index is 10.1. The molecule has 1 heterocycles. The zero-order valence-corrected chi connectivity index (χ0v) is 6.02. The smallest absolute Gasteiger partial charge is 0.409 e. The maximum absolute atomic E-state index is 10.1. The molecular formula is C7H6N2O3. The molecule has 0 radical (unpaired) electrons. The minimum atomic E-state index is -1.16. The summed E-state index contributed by atoms with van der Waals surface area (Å²) in [6.07, 6.45) is 0.707. The third kappa shape index (κ3) is 2.05. The number of rotatable bonds is 2. The normalized spacial score (nSPS) is 9.00. The Morgan fingerprint density at radius 2 is 2.33 bits per heavy atom. The van der Waals surface area contributed by atoms with Crippen molar-refractivity contribution in [3.8, 4) is 0 Å². The molecule has 62 valence electrons. The Labute approximate surface area is 68.0 Å². The summed E-state index contributed by atoms with van der Waals surface area (Å²) in [5.74, 6) is 0. The monoisotopic (exact) mass is 166 g/mol. The van der Waals surface area contributed by atoms with Gasteiger partial charge in [-0.3, -0.25) is 15.1 Å². The van der Waals surface area contributed by atoms with Gasteiger partial charge in [-0.2, -0.15) is 0 Å². The van der Waals surface area contributed by atoms with Crippen molar-refractivity contribution >= 4 is 18.1 Å². The predicted molar refractivity (Wildman–Crippen MR) is 41.3 cm³/mol. The topological polar surface area (TPSA) is 79.3 Å². The summed E-state index contributed by atoms with van der Waals surface area (Å²) in [6, 6.07) is 2.89. The number of aldehydes is 1. The molecule has 5 nitrogen and oxygen atoms in total. The lowest BCUT2D eigenvalue weighted by atomic mass is 10.3. The van der Waals surface area contributed by atoms with Crippen molar-refractivity contribution in [3.05, 3.63) is 24.0 Å². The zero-order chi connectivity index (χ0) is 8.97. The molecule has 0 aliphatic rings. The van der Waals surface area contributed by atoms with Gasteiger partial charge in [0.2, 0.25) is 0 Å². The second kappa shape index (κ2) is 3.47. The summed E-state index contributed by atoms with van der Waals surface area (Å²) in [5, 5.41) is 10.4. The number of carbonyl (C=O) groups is 2. The van der Waals surface area contributed by atoms with Crippen LogP contribution in [0.2, 0.25) is 0 Å². The highest BCUT2D eigenvalue weighted by molar-refractivity contribution is 5.83. The fourth-order valence-corrected chi connectivity index (χ4v) is 0.672. The van der Waals surface area contributed by atoms with Crippen LogP contribution in [0.15, 0.2) is 18.3 Å². The molecule has 1 aromatic rings. The molecule has 0 aromatic carbocycles. The highest BCUT2D eigenvalue weighted by Crippen LogP contribution is 2.03. The van der Waals surface area contributed by atoms with Gasteiger partial charge in [0, 0.05) is 0 Å². The second-order valence-corrected chi connectivity index (χ2v) is 2.02. The van der Waals surface area contributed by atoms with Crippen LogP contribution in [-0.4, -0.2) is 22.5 Å². The third-order valence-corrected chi connectivity index (χ3v) is 1.16. The van der Waals surface area contributed by atoms with Crippen molar-refractivity contribution < 1.29 is 14.7 Å². The molecular weight excluding hydrogens is 160 g/mol. The minimum Gasteiger partial charge on any atom is -0.465 e. The lowest BCUT2D eigenvalue weighted by molar-refractivity contribution is 0.111. The molecule has 12 heavy (non-hydrogen) atoms. The Morgan fingerprint density at radius 3 is 2.75 bits per heavy atom. The molecule has 1 rings (SSSR count). The van der Waals surface area contributed by atoms with Gasteiger partial charge in [0.15, 0.2) is 6.29 Å². The van der Waals surface area contributed by atoms with Crippen molar-refractivity contribution in [2.45, 2.75) is 0 Å².